The van der Waals surface area contributed by atoms with Crippen LogP contribution in [0.15, 0.2) is 36.0 Å². The Morgan fingerprint density at radius 3 is 2.09 bits per heavy atom. The van der Waals surface area contributed by atoms with Gasteiger partial charge in [-0.05, 0) is 76.2 Å². The summed E-state index contributed by atoms with van der Waals surface area (Å²) in [6.45, 7) is 13.1. The summed E-state index contributed by atoms with van der Waals surface area (Å²) in [5, 5.41) is 63.5. The molecule has 0 aromatic rings. The molecule has 0 spiro atoms. The number of aliphatic carboxylic acids is 1. The van der Waals surface area contributed by atoms with Crippen LogP contribution in [0.5, 0.6) is 0 Å². The van der Waals surface area contributed by atoms with E-state index in [1.54, 1.807) is 27.0 Å². The van der Waals surface area contributed by atoms with E-state index in [-0.39, 0.29) is 36.7 Å². The van der Waals surface area contributed by atoms with Crippen LogP contribution < -0.4 is 0 Å². The second-order valence-corrected chi connectivity index (χ2v) is 13.8. The molecule has 13 unspecified atom stereocenters. The van der Waals surface area contributed by atoms with E-state index in [4.69, 9.17) is 14.2 Å². The van der Waals surface area contributed by atoms with Crippen LogP contribution in [0.3, 0.4) is 0 Å². The van der Waals surface area contributed by atoms with E-state index in [1.807, 2.05) is 32.9 Å². The largest absolute Gasteiger partial charge is 0.481 e. The highest BCUT2D eigenvalue weighted by Crippen LogP contribution is 2.31. The molecule has 0 heterocycles. The molecule has 46 heavy (non-hydrogen) atoms. The van der Waals surface area contributed by atoms with Crippen molar-refractivity contribution in [2.75, 3.05) is 21.3 Å². The molecule has 0 bridgehead atoms. The van der Waals surface area contributed by atoms with Crippen molar-refractivity contribution in [2.45, 2.75) is 135 Å². The molecule has 10 nitrogen and oxygen atoms in total. The molecule has 1 fully saturated rings. The maximum absolute atomic E-state index is 11.3. The van der Waals surface area contributed by atoms with Crippen molar-refractivity contribution in [1.29, 1.82) is 0 Å². The standard InChI is InChI=1S/C36H64O10/c1-10-11-27(15-21(2)14-22(3)16-32(45-8)35(41)33(46-9)18-24(5)36(42)43)30(39)20-29(38)25(6)34(40)23(4)17-26-12-13-28(37)31(19-26)44-7/h10,15,17,22,24-35,37-41H,1,11-14,16,18-20H2,2-9H3,(H,42,43). The zero-order valence-electron chi connectivity index (χ0n) is 29.4. The Kier molecular flexibility index (Phi) is 19.7. The second kappa shape index (κ2) is 21.4. The molecule has 1 aliphatic rings. The van der Waals surface area contributed by atoms with Gasteiger partial charge in [0.05, 0.1) is 48.6 Å². The molecule has 0 aromatic heterocycles. The third kappa shape index (κ3) is 13.8. The van der Waals surface area contributed by atoms with Crippen LogP contribution >= 0.6 is 0 Å². The Bertz CT molecular complexity index is 951. The maximum atomic E-state index is 11.3. The lowest BCUT2D eigenvalue weighted by Crippen LogP contribution is -2.42. The van der Waals surface area contributed by atoms with Gasteiger partial charge in [-0.3, -0.25) is 4.79 Å². The van der Waals surface area contributed by atoms with Crippen LogP contribution in [0, 0.1) is 29.6 Å². The highest BCUT2D eigenvalue weighted by Gasteiger charge is 2.33. The predicted molar refractivity (Wildman–Crippen MR) is 179 cm³/mol. The van der Waals surface area contributed by atoms with Crippen molar-refractivity contribution >= 4 is 5.97 Å². The first kappa shape index (κ1) is 42.4. The number of hydrogen-bond donors (Lipinski definition) is 6. The molecule has 0 saturated heterocycles. The van der Waals surface area contributed by atoms with Crippen molar-refractivity contribution in [2.24, 2.45) is 29.6 Å². The summed E-state index contributed by atoms with van der Waals surface area (Å²) in [6.07, 6.45) is 4.29. The Labute approximate surface area is 277 Å². The molecule has 1 saturated carbocycles. The number of aliphatic hydroxyl groups excluding tert-OH is 5. The summed E-state index contributed by atoms with van der Waals surface area (Å²) in [5.74, 6) is -2.11. The summed E-state index contributed by atoms with van der Waals surface area (Å²) in [4.78, 5) is 11.3. The third-order valence-electron chi connectivity index (χ3n) is 9.76. The molecule has 0 amide bonds. The minimum atomic E-state index is -0.992. The minimum Gasteiger partial charge on any atom is -0.481 e. The van der Waals surface area contributed by atoms with Gasteiger partial charge in [0.1, 0.15) is 6.10 Å². The fraction of sp³-hybridized carbons (Fsp3) is 0.806. The molecule has 268 valence electrons. The SMILES string of the molecule is C=CCC(C=C(C)CC(C)CC(OC)C(O)C(CC(C)C(=O)O)OC)C(O)CC(O)C(C)C(O)C(C)=CC1CCC(O)C(OC)C1. The molecule has 1 rings (SSSR count). The molecule has 10 heteroatoms. The number of rotatable bonds is 22. The normalized spacial score (nSPS) is 26.2. The lowest BCUT2D eigenvalue weighted by molar-refractivity contribution is -0.145. The van der Waals surface area contributed by atoms with E-state index in [0.29, 0.717) is 32.1 Å². The molecule has 13 atom stereocenters. The lowest BCUT2D eigenvalue weighted by atomic mass is 9.81. The average molecular weight is 657 g/mol. The van der Waals surface area contributed by atoms with E-state index >= 15 is 0 Å². The van der Waals surface area contributed by atoms with E-state index in [1.165, 1.54) is 14.2 Å². The van der Waals surface area contributed by atoms with Crippen molar-refractivity contribution in [3.63, 3.8) is 0 Å². The van der Waals surface area contributed by atoms with Gasteiger partial charge in [-0.2, -0.15) is 0 Å². The first-order valence-corrected chi connectivity index (χ1v) is 16.8. The number of carbonyl (C=O) groups is 1. The number of hydrogen-bond acceptors (Lipinski definition) is 9. The van der Waals surface area contributed by atoms with Crippen LogP contribution in [0.4, 0.5) is 0 Å². The third-order valence-corrected chi connectivity index (χ3v) is 9.76. The fourth-order valence-electron chi connectivity index (χ4n) is 6.71. The number of ether oxygens (including phenoxy) is 3. The first-order chi connectivity index (χ1) is 21.6. The highest BCUT2D eigenvalue weighted by molar-refractivity contribution is 5.69. The zero-order valence-corrected chi connectivity index (χ0v) is 29.4. The summed E-state index contributed by atoms with van der Waals surface area (Å²) in [5.41, 5.74) is 1.80. The van der Waals surface area contributed by atoms with E-state index in [0.717, 1.165) is 17.6 Å². The van der Waals surface area contributed by atoms with Gasteiger partial charge in [-0.1, -0.05) is 44.6 Å². The summed E-state index contributed by atoms with van der Waals surface area (Å²) in [7, 11) is 4.57. The lowest BCUT2D eigenvalue weighted by Gasteiger charge is -2.32. The smallest absolute Gasteiger partial charge is 0.306 e. The molecular formula is C36H64O10. The predicted octanol–water partition coefficient (Wildman–Crippen LogP) is 4.27. The van der Waals surface area contributed by atoms with Crippen LogP contribution in [-0.2, 0) is 19.0 Å². The van der Waals surface area contributed by atoms with Crippen molar-refractivity contribution < 1.29 is 49.6 Å². The number of carboxylic acids is 1. The van der Waals surface area contributed by atoms with Gasteiger partial charge < -0.3 is 44.8 Å². The van der Waals surface area contributed by atoms with Crippen LogP contribution in [-0.4, -0.2) is 107 Å². The molecule has 1 aliphatic carbocycles. The fourth-order valence-corrected chi connectivity index (χ4v) is 6.71. The molecule has 0 aromatic carbocycles. The second-order valence-electron chi connectivity index (χ2n) is 13.8. The number of allylic oxidation sites excluding steroid dienone is 3. The van der Waals surface area contributed by atoms with Crippen LogP contribution in [0.1, 0.15) is 86.0 Å². The van der Waals surface area contributed by atoms with Crippen molar-refractivity contribution in [3.05, 3.63) is 36.0 Å². The van der Waals surface area contributed by atoms with Crippen LogP contribution in [0.25, 0.3) is 0 Å². The Balaban J connectivity index is 2.83. The topological polar surface area (TPSA) is 166 Å². The number of methoxy groups -OCH3 is 3. The van der Waals surface area contributed by atoms with Gasteiger partial charge in [0.15, 0.2) is 0 Å². The molecule has 6 N–H and O–H groups in total. The highest BCUT2D eigenvalue weighted by atomic mass is 16.5. The average Bonchev–Trinajstić information content (AvgIpc) is 3.01. The van der Waals surface area contributed by atoms with Crippen LogP contribution in [0.2, 0.25) is 0 Å². The van der Waals surface area contributed by atoms with Crippen molar-refractivity contribution in [3.8, 4) is 0 Å². The molecule has 0 radical (unpaired) electrons. The summed E-state index contributed by atoms with van der Waals surface area (Å²) < 4.78 is 16.4. The van der Waals surface area contributed by atoms with Crippen molar-refractivity contribution in [1.82, 2.24) is 0 Å². The Hall–Kier alpha value is -1.63. The Morgan fingerprint density at radius 2 is 1.54 bits per heavy atom. The molecule has 0 aliphatic heterocycles. The summed E-state index contributed by atoms with van der Waals surface area (Å²) >= 11 is 0. The summed E-state index contributed by atoms with van der Waals surface area (Å²) in [6, 6.07) is 0. The number of carboxylic acid groups (broad SMARTS) is 1. The van der Waals surface area contributed by atoms with Gasteiger partial charge in [-0.25, -0.2) is 0 Å². The van der Waals surface area contributed by atoms with Gasteiger partial charge in [0, 0.05) is 39.6 Å². The monoisotopic (exact) mass is 656 g/mol. The maximum Gasteiger partial charge on any atom is 0.306 e. The minimum absolute atomic E-state index is 0.0931. The zero-order chi connectivity index (χ0) is 35.1. The van der Waals surface area contributed by atoms with E-state index in [2.05, 4.69) is 6.58 Å². The molecular weight excluding hydrogens is 592 g/mol. The van der Waals surface area contributed by atoms with E-state index in [9.17, 15) is 35.4 Å². The van der Waals surface area contributed by atoms with Gasteiger partial charge in [-0.15, -0.1) is 6.58 Å². The number of aliphatic hydroxyl groups is 5. The van der Waals surface area contributed by atoms with Gasteiger partial charge in [0.25, 0.3) is 0 Å². The Morgan fingerprint density at radius 1 is 0.935 bits per heavy atom. The quantitative estimate of drug-likeness (QED) is 0.0927. The first-order valence-electron chi connectivity index (χ1n) is 16.8. The van der Waals surface area contributed by atoms with E-state index < -0.39 is 60.5 Å². The van der Waals surface area contributed by atoms with Gasteiger partial charge >= 0.3 is 5.97 Å². The van der Waals surface area contributed by atoms with Gasteiger partial charge in [0.2, 0.25) is 0 Å².